The zero-order valence-electron chi connectivity index (χ0n) is 81.6. The molecular formula is C108H159N21O2. The number of anilines is 4. The van der Waals surface area contributed by atoms with Crippen LogP contribution in [0.1, 0.15) is 220 Å². The first-order valence-electron chi connectivity index (χ1n) is 49.3. The number of nitrogens with zero attached hydrogens (tertiary/aromatic N) is 12. The van der Waals surface area contributed by atoms with E-state index < -0.39 is 0 Å². The largest absolute Gasteiger partial charge is 0.497 e. The van der Waals surface area contributed by atoms with E-state index in [1.165, 1.54) is 199 Å². The first-order valence-corrected chi connectivity index (χ1v) is 49.3. The van der Waals surface area contributed by atoms with Crippen LogP contribution in [0.4, 0.5) is 45.5 Å². The Hall–Kier alpha value is -11.3. The summed E-state index contributed by atoms with van der Waals surface area (Å²) < 4.78 is 10.7. The van der Waals surface area contributed by atoms with Crippen LogP contribution in [0.15, 0.2) is 247 Å². The summed E-state index contributed by atoms with van der Waals surface area (Å²) in [4.78, 5) is 44.7. The lowest BCUT2D eigenvalue weighted by Gasteiger charge is -2.34. The van der Waals surface area contributed by atoms with Gasteiger partial charge in [0.05, 0.1) is 61.2 Å². The zero-order chi connectivity index (χ0) is 92.4. The van der Waals surface area contributed by atoms with E-state index in [0.29, 0.717) is 60.3 Å². The fourth-order valence-corrected chi connectivity index (χ4v) is 17.4. The molecule has 8 aromatic carbocycles. The predicted octanol–water partition coefficient (Wildman–Crippen LogP) is 23.0. The summed E-state index contributed by atoms with van der Waals surface area (Å²) in [5, 5.41) is 33.6. The first-order chi connectivity index (χ1) is 63.8. The maximum atomic E-state index is 5.51. The molecule has 6 saturated carbocycles. The van der Waals surface area contributed by atoms with Crippen LogP contribution in [0, 0.1) is 0 Å². The molecule has 0 atom stereocenters. The second-order valence-electron chi connectivity index (χ2n) is 36.9. The molecular weight excluding hydrogens is 1620 g/mol. The zero-order valence-corrected chi connectivity index (χ0v) is 81.6. The van der Waals surface area contributed by atoms with Crippen LogP contribution < -0.4 is 52.6 Å². The Labute approximate surface area is 786 Å². The van der Waals surface area contributed by atoms with E-state index in [2.05, 4.69) is 103 Å². The SMILES string of the molecule is C1CCC(N=C(NC2CCCCC2)N2CCOCC2)CC1.C1CCC(N=C(NC2CCCCC2)NC2CCCCC2)CC1.CC(C)NC(=NC1CCCCC1)NC(C)C.CN(C)C(=Nc1cccc2cccc(N=C(N(C)C)N(C)C)c12)N(C)C.COc1ccc(N=C(Nc2ccccc2)Nc2ccccc2)cc1.c1ccc(N=C(Nc2ccccc2)Nc2ccccc2)cc1. The van der Waals surface area contributed by atoms with Gasteiger partial charge in [-0.2, -0.15) is 0 Å². The summed E-state index contributed by atoms with van der Waals surface area (Å²) in [5.41, 5.74) is 7.46. The van der Waals surface area contributed by atoms with Crippen molar-refractivity contribution >= 4 is 98.0 Å². The standard InChI is InChI=1S/C20H30N6.C20H19N3O.C19H35N3.C19H17N3.C17H31N3O.C13H27N3/c1-23(2)19(24(3)4)21-16-13-9-11-15-12-10-14-17(18(15)16)22-20(25(5)6)26(7)8;1-24-19-14-12-18(13-15-19)23-20(21-16-8-4-2-5-9-16)22-17-10-6-3-7-11-17;2*1-4-10-16(11-5-1)20-19(21-17-12-6-2-7-13-17)22-18-14-8-3-9-15-18;1-3-7-15(8-4-1)18-17(20-11-13-21-14-12-20)19-16-9-5-2-6-10-16;1-10(2)14-13(15-11(3)4)16-12-8-6-5-7-9-12/h9-14H,1-8H3;2-15H,1H3,(H2,21,22,23);16-18H,1-15H2,(H2,20,21,22);1-15H,(H2,20,21,22);15-16H,1-14H2,(H,18,19);10-12H,5-9H2,1-4H3,(H2,14,15,16). The molecule has 7 fully saturated rings. The number of para-hydroxylation sites is 5. The molecule has 1 saturated heterocycles. The molecule has 0 bridgehead atoms. The molecule has 1 heterocycles. The lowest BCUT2D eigenvalue weighted by Crippen LogP contribution is -2.51. The molecule has 0 aromatic heterocycles. The fourth-order valence-electron chi connectivity index (χ4n) is 17.4. The summed E-state index contributed by atoms with van der Waals surface area (Å²) in [6.45, 7) is 12.3. The molecule has 1 aliphatic heterocycles. The van der Waals surface area contributed by atoms with Gasteiger partial charge in [-0.3, -0.25) is 0 Å². The van der Waals surface area contributed by atoms with Gasteiger partial charge < -0.3 is 81.8 Å². The molecule has 23 heteroatoms. The van der Waals surface area contributed by atoms with E-state index in [1.54, 1.807) is 7.11 Å². The van der Waals surface area contributed by atoms with Crippen molar-refractivity contribution < 1.29 is 9.47 Å². The first kappa shape index (κ1) is 102. The summed E-state index contributed by atoms with van der Waals surface area (Å²) in [6, 6.07) is 74.2. The Balaban J connectivity index is 0.000000164. The third kappa shape index (κ3) is 38.6. The van der Waals surface area contributed by atoms with Crippen molar-refractivity contribution in [3.05, 3.63) is 212 Å². The molecule has 15 rings (SSSR count). The molecule has 0 radical (unpaired) electrons. The Morgan fingerprint density at radius 1 is 0.328 bits per heavy atom. The van der Waals surface area contributed by atoms with Crippen LogP contribution in [-0.2, 0) is 4.74 Å². The number of fused-ring (bicyclic) bond motifs is 1. The number of aliphatic imine (C=N–C) groups is 7. The minimum atomic E-state index is 0.439. The van der Waals surface area contributed by atoms with Crippen molar-refractivity contribution in [1.29, 1.82) is 0 Å². The molecule has 7 aliphatic rings. The lowest BCUT2D eigenvalue weighted by atomic mass is 9.94. The molecule has 8 aromatic rings. The van der Waals surface area contributed by atoms with Crippen molar-refractivity contribution in [2.45, 2.75) is 269 Å². The van der Waals surface area contributed by atoms with Gasteiger partial charge in [0.25, 0.3) is 0 Å². The van der Waals surface area contributed by atoms with Crippen molar-refractivity contribution in [3.8, 4) is 5.75 Å². The molecule has 6 aliphatic carbocycles. The highest BCUT2D eigenvalue weighted by atomic mass is 16.5. The van der Waals surface area contributed by atoms with E-state index in [0.717, 1.165) is 112 Å². The van der Waals surface area contributed by atoms with Gasteiger partial charge in [0, 0.05) is 128 Å². The van der Waals surface area contributed by atoms with Crippen molar-refractivity contribution in [2.75, 3.05) is 111 Å². The van der Waals surface area contributed by atoms with Gasteiger partial charge in [-0.25, -0.2) is 34.9 Å². The molecule has 708 valence electrons. The van der Waals surface area contributed by atoms with Gasteiger partial charge in [0.1, 0.15) is 5.75 Å². The number of rotatable bonds is 17. The molecule has 0 amide bonds. The third-order valence-corrected chi connectivity index (χ3v) is 24.0. The van der Waals surface area contributed by atoms with Gasteiger partial charge in [0.15, 0.2) is 17.9 Å². The van der Waals surface area contributed by atoms with E-state index in [4.69, 9.17) is 34.4 Å². The minimum Gasteiger partial charge on any atom is -0.497 e. The lowest BCUT2D eigenvalue weighted by molar-refractivity contribution is 0.0657. The molecule has 23 nitrogen and oxygen atoms in total. The maximum Gasteiger partial charge on any atom is 0.205 e. The number of ether oxygens (including phenoxy) is 2. The summed E-state index contributed by atoms with van der Waals surface area (Å²) in [5.74, 6) is 7.22. The highest BCUT2D eigenvalue weighted by Gasteiger charge is 2.26. The van der Waals surface area contributed by atoms with E-state index >= 15 is 0 Å². The monoisotopic (exact) mass is 1780 g/mol. The maximum absolute atomic E-state index is 5.51. The number of guanidine groups is 7. The minimum absolute atomic E-state index is 0.439. The van der Waals surface area contributed by atoms with Crippen LogP contribution >= 0.6 is 0 Å². The van der Waals surface area contributed by atoms with Crippen LogP contribution in [0.3, 0.4) is 0 Å². The van der Waals surface area contributed by atoms with Crippen LogP contribution in [-0.4, -0.2) is 204 Å². The summed E-state index contributed by atoms with van der Waals surface area (Å²) in [6.07, 6.45) is 40.5. The van der Waals surface area contributed by atoms with Crippen LogP contribution in [0.25, 0.3) is 10.8 Å². The third-order valence-electron chi connectivity index (χ3n) is 24.0. The van der Waals surface area contributed by atoms with Crippen LogP contribution in [0.5, 0.6) is 5.75 Å². The van der Waals surface area contributed by atoms with Crippen molar-refractivity contribution in [1.82, 2.24) is 51.1 Å². The molecule has 0 unspecified atom stereocenters. The van der Waals surface area contributed by atoms with Crippen molar-refractivity contribution in [2.24, 2.45) is 34.9 Å². The van der Waals surface area contributed by atoms with Gasteiger partial charge >= 0.3 is 0 Å². The van der Waals surface area contributed by atoms with Gasteiger partial charge in [-0.15, -0.1) is 0 Å². The number of methoxy groups -OCH3 is 1. The van der Waals surface area contributed by atoms with Gasteiger partial charge in [0.2, 0.25) is 23.8 Å². The van der Waals surface area contributed by atoms with E-state index in [-0.39, 0.29) is 0 Å². The van der Waals surface area contributed by atoms with E-state index in [9.17, 15) is 0 Å². The normalized spacial score (nSPS) is 16.3. The van der Waals surface area contributed by atoms with Gasteiger partial charge in [-0.1, -0.05) is 231 Å². The summed E-state index contributed by atoms with van der Waals surface area (Å²) in [7, 11) is 17.6. The topological polar surface area (TPSA) is 229 Å². The number of hydrogen-bond donors (Lipinski definition) is 9. The van der Waals surface area contributed by atoms with Crippen LogP contribution in [0.2, 0.25) is 0 Å². The number of benzene rings is 8. The van der Waals surface area contributed by atoms with Crippen molar-refractivity contribution in [3.63, 3.8) is 0 Å². The smallest absolute Gasteiger partial charge is 0.205 e. The Bertz CT molecular complexity index is 4470. The highest BCUT2D eigenvalue weighted by molar-refractivity contribution is 6.06. The van der Waals surface area contributed by atoms with Gasteiger partial charge in [-0.05, 0) is 207 Å². The van der Waals surface area contributed by atoms with E-state index in [1.807, 2.05) is 276 Å². The Kier molecular flexibility index (Phi) is 44.9. The average molecular weight is 1780 g/mol. The summed E-state index contributed by atoms with van der Waals surface area (Å²) >= 11 is 0. The molecule has 0 spiro atoms. The second kappa shape index (κ2) is 57.8. The predicted molar refractivity (Wildman–Crippen MR) is 559 cm³/mol. The molecule has 9 N–H and O–H groups in total. The molecule has 131 heavy (non-hydrogen) atoms. The fraction of sp³-hybridized carbons (Fsp3) is 0.509. The number of morpholine rings is 1. The quantitative estimate of drug-likeness (QED) is 0.0305. The second-order valence-corrected chi connectivity index (χ2v) is 36.9. The Morgan fingerprint density at radius 2 is 0.641 bits per heavy atom. The Morgan fingerprint density at radius 3 is 0.977 bits per heavy atom. The number of nitrogens with one attached hydrogen (secondary N) is 9. The number of hydrogen-bond acceptors (Lipinski definition) is 9. The highest BCUT2D eigenvalue weighted by Crippen LogP contribution is 2.36. The average Bonchev–Trinajstić information content (AvgIpc) is 0.788.